The average molecular weight is 273 g/mol. The van der Waals surface area contributed by atoms with E-state index >= 15 is 0 Å². The highest BCUT2D eigenvalue weighted by Gasteiger charge is 2.36. The van der Waals surface area contributed by atoms with E-state index < -0.39 is 10.0 Å². The number of nitrogens with zero attached hydrogens (tertiary/aromatic N) is 1. The van der Waals surface area contributed by atoms with Crippen LogP contribution in [0.15, 0.2) is 21.6 Å². The van der Waals surface area contributed by atoms with E-state index in [9.17, 15) is 13.2 Å². The molecule has 7 heteroatoms. The van der Waals surface area contributed by atoms with Crippen molar-refractivity contribution in [2.45, 2.75) is 31.1 Å². The van der Waals surface area contributed by atoms with Crippen molar-refractivity contribution in [3.05, 3.63) is 17.9 Å². The lowest BCUT2D eigenvalue weighted by Gasteiger charge is -2.34. The second-order valence-electron chi connectivity index (χ2n) is 4.34. The Morgan fingerprint density at radius 1 is 1.39 bits per heavy atom. The van der Waals surface area contributed by atoms with E-state index in [1.807, 2.05) is 6.92 Å². The number of carbonyl (C=O) groups is 1. The molecule has 0 aliphatic carbocycles. The highest BCUT2D eigenvalue weighted by Crippen LogP contribution is 2.23. The number of aldehydes is 1. The lowest BCUT2D eigenvalue weighted by molar-refractivity contribution is -0.0174. The fourth-order valence-electron chi connectivity index (χ4n) is 1.86. The Bertz CT molecular complexity index is 535. The van der Waals surface area contributed by atoms with Crippen molar-refractivity contribution in [1.29, 1.82) is 0 Å². The predicted molar refractivity (Wildman–Crippen MR) is 62.9 cm³/mol. The zero-order chi connectivity index (χ0) is 13.3. The van der Waals surface area contributed by atoms with Crippen LogP contribution in [0.4, 0.5) is 0 Å². The van der Waals surface area contributed by atoms with Crippen LogP contribution >= 0.6 is 0 Å². The molecular weight excluding hydrogens is 258 g/mol. The highest BCUT2D eigenvalue weighted by molar-refractivity contribution is 7.89. The van der Waals surface area contributed by atoms with Gasteiger partial charge in [0.25, 0.3) is 10.0 Å². The molecule has 6 nitrogen and oxygen atoms in total. The van der Waals surface area contributed by atoms with E-state index in [0.29, 0.717) is 12.9 Å². The van der Waals surface area contributed by atoms with E-state index in [1.165, 1.54) is 16.4 Å². The van der Waals surface area contributed by atoms with Crippen molar-refractivity contribution in [2.75, 3.05) is 13.2 Å². The van der Waals surface area contributed by atoms with Gasteiger partial charge in [-0.3, -0.25) is 4.79 Å². The van der Waals surface area contributed by atoms with Gasteiger partial charge in [0.15, 0.2) is 12.0 Å². The van der Waals surface area contributed by atoms with Crippen molar-refractivity contribution in [1.82, 2.24) is 4.31 Å². The predicted octanol–water partition coefficient (Wildman–Crippen LogP) is 0.890. The van der Waals surface area contributed by atoms with Crippen LogP contribution in [0.2, 0.25) is 0 Å². The smallest absolute Gasteiger partial charge is 0.276 e. The van der Waals surface area contributed by atoms with Gasteiger partial charge in [0.2, 0.25) is 5.09 Å². The Balaban J connectivity index is 2.32. The molecule has 2 rings (SSSR count). The molecule has 1 aromatic rings. The number of hydrogen-bond donors (Lipinski definition) is 0. The first-order valence-electron chi connectivity index (χ1n) is 5.63. The van der Waals surface area contributed by atoms with Gasteiger partial charge in [-0.2, -0.15) is 4.31 Å². The third kappa shape index (κ3) is 2.33. The van der Waals surface area contributed by atoms with Gasteiger partial charge in [0, 0.05) is 12.6 Å². The van der Waals surface area contributed by atoms with Crippen LogP contribution in [0.3, 0.4) is 0 Å². The van der Waals surface area contributed by atoms with Crippen LogP contribution in [0.25, 0.3) is 0 Å². The van der Waals surface area contributed by atoms with E-state index in [2.05, 4.69) is 0 Å². The third-order valence-electron chi connectivity index (χ3n) is 2.83. The lowest BCUT2D eigenvalue weighted by Crippen LogP contribution is -2.49. The molecule has 100 valence electrons. The fourth-order valence-corrected chi connectivity index (χ4v) is 3.47. The molecule has 0 spiro atoms. The zero-order valence-corrected chi connectivity index (χ0v) is 11.0. The maximum atomic E-state index is 12.3. The number of sulfonamides is 1. The minimum Gasteiger partial charge on any atom is -0.440 e. The van der Waals surface area contributed by atoms with Gasteiger partial charge in [-0.1, -0.05) is 0 Å². The van der Waals surface area contributed by atoms with E-state index in [-0.39, 0.29) is 29.5 Å². The number of rotatable bonds is 3. The number of hydrogen-bond acceptors (Lipinski definition) is 5. The van der Waals surface area contributed by atoms with Crippen LogP contribution in [0, 0.1) is 0 Å². The van der Waals surface area contributed by atoms with E-state index in [1.54, 1.807) is 6.92 Å². The zero-order valence-electron chi connectivity index (χ0n) is 10.2. The molecule has 2 heterocycles. The Hall–Kier alpha value is -1.18. The molecular formula is C11H15NO5S. The van der Waals surface area contributed by atoms with Gasteiger partial charge in [-0.05, 0) is 26.0 Å². The van der Waals surface area contributed by atoms with Crippen LogP contribution < -0.4 is 0 Å². The minimum absolute atomic E-state index is 0.00235. The van der Waals surface area contributed by atoms with Crippen molar-refractivity contribution in [3.63, 3.8) is 0 Å². The summed E-state index contributed by atoms with van der Waals surface area (Å²) in [6.07, 6.45) is 0.321. The standard InChI is InChI=1S/C11H15NO5S/c1-8-7-16-9(2)5-12(8)18(14,15)11-4-3-10(6-13)17-11/h3-4,6,8-9H,5,7H2,1-2H3. The Morgan fingerprint density at radius 3 is 2.72 bits per heavy atom. The van der Waals surface area contributed by atoms with Gasteiger partial charge in [0.1, 0.15) is 0 Å². The third-order valence-corrected chi connectivity index (χ3v) is 4.69. The lowest BCUT2D eigenvalue weighted by atomic mass is 10.2. The number of carbonyl (C=O) groups excluding carboxylic acids is 1. The Kier molecular flexibility index (Phi) is 3.56. The molecule has 0 aromatic carbocycles. The number of morpholine rings is 1. The molecule has 2 unspecified atom stereocenters. The first kappa shape index (κ1) is 13.3. The molecule has 18 heavy (non-hydrogen) atoms. The second kappa shape index (κ2) is 4.83. The van der Waals surface area contributed by atoms with Crippen LogP contribution in [-0.2, 0) is 14.8 Å². The van der Waals surface area contributed by atoms with Gasteiger partial charge in [-0.15, -0.1) is 0 Å². The molecule has 0 saturated carbocycles. The Morgan fingerprint density at radius 2 is 2.11 bits per heavy atom. The van der Waals surface area contributed by atoms with Crippen molar-refractivity contribution >= 4 is 16.3 Å². The molecule has 0 bridgehead atoms. The SMILES string of the molecule is CC1CN(S(=O)(=O)c2ccc(C=O)o2)C(C)CO1. The minimum atomic E-state index is -3.71. The van der Waals surface area contributed by atoms with Crippen LogP contribution in [0.5, 0.6) is 0 Å². The average Bonchev–Trinajstić information content (AvgIpc) is 2.81. The van der Waals surface area contributed by atoms with Crippen molar-refractivity contribution in [2.24, 2.45) is 0 Å². The summed E-state index contributed by atoms with van der Waals surface area (Å²) in [7, 11) is -3.71. The Labute approximate surface area is 106 Å². The summed E-state index contributed by atoms with van der Waals surface area (Å²) in [4.78, 5) is 10.5. The quantitative estimate of drug-likeness (QED) is 0.764. The second-order valence-corrected chi connectivity index (χ2v) is 6.16. The maximum Gasteiger partial charge on any atom is 0.276 e. The largest absolute Gasteiger partial charge is 0.440 e. The van der Waals surface area contributed by atoms with Crippen molar-refractivity contribution < 1.29 is 22.4 Å². The molecule has 2 atom stereocenters. The summed E-state index contributed by atoms with van der Waals surface area (Å²) in [6.45, 7) is 4.21. The first-order valence-corrected chi connectivity index (χ1v) is 7.07. The van der Waals surface area contributed by atoms with Crippen LogP contribution in [-0.4, -0.2) is 44.3 Å². The van der Waals surface area contributed by atoms with Crippen molar-refractivity contribution in [3.8, 4) is 0 Å². The normalized spacial score (nSPS) is 26.1. The number of furan rings is 1. The molecule has 1 aliphatic rings. The molecule has 1 aliphatic heterocycles. The van der Waals surface area contributed by atoms with Gasteiger partial charge >= 0.3 is 0 Å². The van der Waals surface area contributed by atoms with Gasteiger partial charge in [-0.25, -0.2) is 8.42 Å². The maximum absolute atomic E-state index is 12.3. The topological polar surface area (TPSA) is 76.8 Å². The van der Waals surface area contributed by atoms with Gasteiger partial charge < -0.3 is 9.15 Å². The van der Waals surface area contributed by atoms with Gasteiger partial charge in [0.05, 0.1) is 12.7 Å². The summed E-state index contributed by atoms with van der Waals surface area (Å²) >= 11 is 0. The summed E-state index contributed by atoms with van der Waals surface area (Å²) in [5.41, 5.74) is 0. The molecule has 1 saturated heterocycles. The first-order chi connectivity index (χ1) is 8.45. The molecule has 1 aromatic heterocycles. The summed E-state index contributed by atoms with van der Waals surface area (Å²) in [6, 6.07) is 2.39. The summed E-state index contributed by atoms with van der Waals surface area (Å²) < 4.78 is 36.4. The van der Waals surface area contributed by atoms with E-state index in [0.717, 1.165) is 0 Å². The fraction of sp³-hybridized carbons (Fsp3) is 0.545. The van der Waals surface area contributed by atoms with Crippen LogP contribution in [0.1, 0.15) is 24.4 Å². The summed E-state index contributed by atoms with van der Waals surface area (Å²) in [5.74, 6) is 0.00235. The monoisotopic (exact) mass is 273 g/mol. The molecule has 0 amide bonds. The molecule has 0 radical (unpaired) electrons. The molecule has 1 fully saturated rings. The number of ether oxygens (including phenoxy) is 1. The van der Waals surface area contributed by atoms with E-state index in [4.69, 9.17) is 9.15 Å². The highest BCUT2D eigenvalue weighted by atomic mass is 32.2. The summed E-state index contributed by atoms with van der Waals surface area (Å²) in [5, 5.41) is -0.203. The molecule has 0 N–H and O–H groups in total.